The summed E-state index contributed by atoms with van der Waals surface area (Å²) in [5, 5.41) is 7.59. The Morgan fingerprint density at radius 2 is 1.50 bits per heavy atom. The van der Waals surface area contributed by atoms with Gasteiger partial charge in [0.15, 0.2) is 0 Å². The van der Waals surface area contributed by atoms with Gasteiger partial charge >= 0.3 is 0 Å². The van der Waals surface area contributed by atoms with E-state index in [-0.39, 0.29) is 22.7 Å². The third-order valence-corrected chi connectivity index (χ3v) is 5.23. The summed E-state index contributed by atoms with van der Waals surface area (Å²) in [5.41, 5.74) is -0.271. The van der Waals surface area contributed by atoms with Gasteiger partial charge in [-0.05, 0) is 54.4 Å². The van der Waals surface area contributed by atoms with E-state index in [1.807, 2.05) is 0 Å². The molecule has 188 valence electrons. The van der Waals surface area contributed by atoms with Gasteiger partial charge in [0.25, 0.3) is 11.8 Å². The zero-order valence-corrected chi connectivity index (χ0v) is 19.7. The van der Waals surface area contributed by atoms with Crippen LogP contribution in [-0.4, -0.2) is 30.9 Å². The summed E-state index contributed by atoms with van der Waals surface area (Å²) in [5.74, 6) is -5.16. The molecular formula is C26H24F3N3O4. The average Bonchev–Trinajstić information content (AvgIpc) is 2.82. The summed E-state index contributed by atoms with van der Waals surface area (Å²) in [6, 6.07) is 11.4. The van der Waals surface area contributed by atoms with Crippen LogP contribution >= 0.6 is 0 Å². The van der Waals surface area contributed by atoms with Gasteiger partial charge in [-0.25, -0.2) is 13.2 Å². The van der Waals surface area contributed by atoms with Crippen molar-refractivity contribution in [3.05, 3.63) is 89.2 Å². The lowest BCUT2D eigenvalue weighted by molar-refractivity contribution is -0.118. The number of ether oxygens (including phenoxy) is 1. The quantitative estimate of drug-likeness (QED) is 0.417. The summed E-state index contributed by atoms with van der Waals surface area (Å²) >= 11 is 0. The highest BCUT2D eigenvalue weighted by Crippen LogP contribution is 2.29. The van der Waals surface area contributed by atoms with Crippen molar-refractivity contribution in [2.24, 2.45) is 5.92 Å². The van der Waals surface area contributed by atoms with E-state index >= 15 is 0 Å². The van der Waals surface area contributed by atoms with Gasteiger partial charge in [-0.3, -0.25) is 14.4 Å². The molecule has 7 nitrogen and oxygen atoms in total. The van der Waals surface area contributed by atoms with Crippen molar-refractivity contribution in [1.82, 2.24) is 5.32 Å². The predicted octanol–water partition coefficient (Wildman–Crippen LogP) is 4.76. The van der Waals surface area contributed by atoms with Gasteiger partial charge in [0.05, 0.1) is 12.8 Å². The minimum absolute atomic E-state index is 0.0782. The van der Waals surface area contributed by atoms with Crippen LogP contribution in [0, 0.1) is 23.4 Å². The molecule has 0 saturated carbocycles. The summed E-state index contributed by atoms with van der Waals surface area (Å²) < 4.78 is 46.7. The Kier molecular flexibility index (Phi) is 8.31. The summed E-state index contributed by atoms with van der Waals surface area (Å²) in [4.78, 5) is 38.0. The zero-order valence-electron chi connectivity index (χ0n) is 19.7. The maximum absolute atomic E-state index is 14.0. The van der Waals surface area contributed by atoms with Crippen molar-refractivity contribution in [2.45, 2.75) is 19.9 Å². The second-order valence-corrected chi connectivity index (χ2v) is 8.16. The first-order chi connectivity index (χ1) is 17.1. The van der Waals surface area contributed by atoms with Crippen molar-refractivity contribution in [3.8, 4) is 5.75 Å². The van der Waals surface area contributed by atoms with Crippen LogP contribution in [0.1, 0.15) is 34.6 Å². The topological polar surface area (TPSA) is 96.5 Å². The highest BCUT2D eigenvalue weighted by Gasteiger charge is 2.27. The number of anilines is 2. The fraction of sp³-hybridized carbons (Fsp3) is 0.192. The van der Waals surface area contributed by atoms with Crippen molar-refractivity contribution in [3.63, 3.8) is 0 Å². The molecule has 0 spiro atoms. The van der Waals surface area contributed by atoms with Crippen molar-refractivity contribution >= 4 is 29.1 Å². The smallest absolute Gasteiger partial charge is 0.257 e. The van der Waals surface area contributed by atoms with Crippen molar-refractivity contribution in [2.75, 3.05) is 17.7 Å². The van der Waals surface area contributed by atoms with Gasteiger partial charge in [-0.1, -0.05) is 26.0 Å². The zero-order chi connectivity index (χ0) is 26.4. The van der Waals surface area contributed by atoms with Gasteiger partial charge < -0.3 is 20.7 Å². The number of halogens is 3. The number of hydrogen-bond donors (Lipinski definition) is 3. The Hall–Kier alpha value is -4.34. The maximum atomic E-state index is 14.0. The Balaban J connectivity index is 1.79. The number of carbonyl (C=O) groups is 3. The Bertz CT molecular complexity index is 1280. The van der Waals surface area contributed by atoms with E-state index in [1.165, 1.54) is 43.5 Å². The Morgan fingerprint density at radius 1 is 0.833 bits per heavy atom. The first kappa shape index (κ1) is 26.3. The van der Waals surface area contributed by atoms with Gasteiger partial charge in [-0.2, -0.15) is 0 Å². The third-order valence-electron chi connectivity index (χ3n) is 5.23. The SMILES string of the molecule is COc1ccc(NC(=O)C(NC(=O)c2c(F)cccc2F)C(C)C)cc1NC(=O)c1cccc(F)c1. The van der Waals surface area contributed by atoms with Crippen molar-refractivity contribution in [1.29, 1.82) is 0 Å². The number of rotatable bonds is 8. The highest BCUT2D eigenvalue weighted by atomic mass is 19.1. The second-order valence-electron chi connectivity index (χ2n) is 8.16. The molecule has 0 aliphatic carbocycles. The molecule has 0 radical (unpaired) electrons. The normalized spacial score (nSPS) is 11.5. The van der Waals surface area contributed by atoms with Crippen LogP contribution in [0.5, 0.6) is 5.75 Å². The van der Waals surface area contributed by atoms with Crippen LogP contribution in [0.25, 0.3) is 0 Å². The number of benzene rings is 3. The van der Waals surface area contributed by atoms with Crippen LogP contribution in [0.3, 0.4) is 0 Å². The first-order valence-electron chi connectivity index (χ1n) is 10.9. The molecule has 0 bridgehead atoms. The molecule has 36 heavy (non-hydrogen) atoms. The monoisotopic (exact) mass is 499 g/mol. The Labute approximate surface area is 205 Å². The van der Waals surface area contributed by atoms with Gasteiger partial charge in [0.2, 0.25) is 5.91 Å². The maximum Gasteiger partial charge on any atom is 0.257 e. The number of carbonyl (C=O) groups excluding carboxylic acids is 3. The lowest BCUT2D eigenvalue weighted by atomic mass is 10.0. The predicted molar refractivity (Wildman–Crippen MR) is 128 cm³/mol. The molecule has 3 aromatic carbocycles. The standard InChI is InChI=1S/C26H24F3N3O4/c1-14(2)23(32-25(34)22-18(28)8-5-9-19(22)29)26(35)30-17-10-11-21(36-3)20(13-17)31-24(33)15-6-4-7-16(27)12-15/h4-14,23H,1-3H3,(H,30,35)(H,31,33)(H,32,34). The molecule has 10 heteroatoms. The second kappa shape index (κ2) is 11.4. The van der Waals surface area contributed by atoms with E-state index in [9.17, 15) is 27.6 Å². The minimum atomic E-state index is -1.14. The molecule has 0 saturated heterocycles. The van der Waals surface area contributed by atoms with Crippen LogP contribution in [0.2, 0.25) is 0 Å². The lowest BCUT2D eigenvalue weighted by Crippen LogP contribution is -2.47. The molecule has 0 aromatic heterocycles. The van der Waals surface area contributed by atoms with E-state index in [0.29, 0.717) is 0 Å². The van der Waals surface area contributed by atoms with Gasteiger partial charge in [0.1, 0.15) is 34.8 Å². The van der Waals surface area contributed by atoms with Gasteiger partial charge in [-0.15, -0.1) is 0 Å². The summed E-state index contributed by atoms with van der Waals surface area (Å²) in [6.07, 6.45) is 0. The lowest BCUT2D eigenvalue weighted by Gasteiger charge is -2.22. The average molecular weight is 499 g/mol. The molecule has 3 aromatic rings. The highest BCUT2D eigenvalue weighted by molar-refractivity contribution is 6.06. The molecule has 0 aliphatic rings. The van der Waals surface area contributed by atoms with Gasteiger partial charge in [0, 0.05) is 11.3 Å². The van der Waals surface area contributed by atoms with Crippen LogP contribution in [0.4, 0.5) is 24.5 Å². The number of amides is 3. The number of methoxy groups -OCH3 is 1. The molecule has 3 N–H and O–H groups in total. The van der Waals surface area contributed by atoms with E-state index in [2.05, 4.69) is 16.0 Å². The molecule has 1 unspecified atom stereocenters. The summed E-state index contributed by atoms with van der Waals surface area (Å²) in [6.45, 7) is 3.31. The first-order valence-corrected chi connectivity index (χ1v) is 10.9. The molecule has 3 amide bonds. The third kappa shape index (κ3) is 6.21. The number of nitrogens with one attached hydrogen (secondary N) is 3. The summed E-state index contributed by atoms with van der Waals surface area (Å²) in [7, 11) is 1.39. The van der Waals surface area contributed by atoms with Crippen molar-refractivity contribution < 1.29 is 32.3 Å². The molecule has 0 heterocycles. The van der Waals surface area contributed by atoms with Crippen LogP contribution in [-0.2, 0) is 4.79 Å². The fourth-order valence-corrected chi connectivity index (χ4v) is 3.39. The molecule has 1 atom stereocenters. The van der Waals surface area contributed by atoms with Crippen LogP contribution < -0.4 is 20.7 Å². The largest absolute Gasteiger partial charge is 0.495 e. The van der Waals surface area contributed by atoms with Crippen LogP contribution in [0.15, 0.2) is 60.7 Å². The molecule has 0 fully saturated rings. The van der Waals surface area contributed by atoms with E-state index in [4.69, 9.17) is 4.74 Å². The van der Waals surface area contributed by atoms with E-state index in [1.54, 1.807) is 13.8 Å². The molecular weight excluding hydrogens is 475 g/mol. The molecule has 3 rings (SSSR count). The molecule has 0 aliphatic heterocycles. The van der Waals surface area contributed by atoms with E-state index in [0.717, 1.165) is 24.3 Å². The fourth-order valence-electron chi connectivity index (χ4n) is 3.39. The number of hydrogen-bond acceptors (Lipinski definition) is 4. The minimum Gasteiger partial charge on any atom is -0.495 e. The van der Waals surface area contributed by atoms with E-state index < -0.39 is 52.7 Å². The Morgan fingerprint density at radius 3 is 2.11 bits per heavy atom.